The van der Waals surface area contributed by atoms with Crippen LogP contribution in [0, 0.1) is 0 Å². The van der Waals surface area contributed by atoms with Gasteiger partial charge in [0.05, 0.1) is 12.2 Å². The van der Waals surface area contributed by atoms with Gasteiger partial charge in [-0.05, 0) is 19.1 Å². The molecule has 1 aromatic carbocycles. The standard InChI is InChI=1S/C13H10N4O3/c1-2-20-8-6-4-3-5-7(8)10-15-11-9(12(18)16-10)14-13(19)17-11/h3-6H,2H2,1H3,(H,15,16,17,18,19). The first-order valence-corrected chi connectivity index (χ1v) is 6.03. The predicted molar refractivity (Wildman–Crippen MR) is 72.6 cm³/mol. The molecule has 3 amide bonds. The summed E-state index contributed by atoms with van der Waals surface area (Å²) in [4.78, 5) is 34.5. The third kappa shape index (κ3) is 1.99. The molecule has 0 saturated carbocycles. The molecule has 0 atom stereocenters. The maximum absolute atomic E-state index is 11.8. The number of amides is 3. The lowest BCUT2D eigenvalue weighted by molar-refractivity contribution is -0.111. The Labute approximate surface area is 114 Å². The number of para-hydroxylation sites is 1. The van der Waals surface area contributed by atoms with Gasteiger partial charge >= 0.3 is 11.9 Å². The average molecular weight is 270 g/mol. The number of ether oxygens (including phenoxy) is 1. The summed E-state index contributed by atoms with van der Waals surface area (Å²) < 4.78 is 5.48. The Bertz CT molecular complexity index is 703. The number of aliphatic imine (C=N–C) groups is 3. The molecule has 0 aromatic heterocycles. The van der Waals surface area contributed by atoms with E-state index in [1.54, 1.807) is 18.2 Å². The van der Waals surface area contributed by atoms with Crippen LogP contribution in [0.4, 0.5) is 4.79 Å². The molecular formula is C13H10N4O3. The number of hydrogen-bond acceptors (Lipinski definition) is 4. The molecule has 0 saturated heterocycles. The molecule has 7 nitrogen and oxygen atoms in total. The molecule has 0 radical (unpaired) electrons. The molecule has 2 aliphatic heterocycles. The summed E-state index contributed by atoms with van der Waals surface area (Å²) in [7, 11) is 0. The number of carbonyl (C=O) groups is 2. The Hall–Kier alpha value is -2.83. The molecule has 1 N–H and O–H groups in total. The van der Waals surface area contributed by atoms with Gasteiger partial charge in [0, 0.05) is 0 Å². The molecule has 2 aliphatic rings. The van der Waals surface area contributed by atoms with E-state index in [0.29, 0.717) is 17.9 Å². The van der Waals surface area contributed by atoms with Crippen LogP contribution in [0.1, 0.15) is 12.5 Å². The van der Waals surface area contributed by atoms with Crippen LogP contribution in [0.5, 0.6) is 5.75 Å². The number of hydrogen-bond donors (Lipinski definition) is 1. The van der Waals surface area contributed by atoms with Crippen molar-refractivity contribution in [1.82, 2.24) is 5.32 Å². The molecule has 0 aliphatic carbocycles. The van der Waals surface area contributed by atoms with E-state index in [9.17, 15) is 9.59 Å². The van der Waals surface area contributed by atoms with E-state index in [-0.39, 0.29) is 17.4 Å². The van der Waals surface area contributed by atoms with Crippen molar-refractivity contribution in [1.29, 1.82) is 0 Å². The van der Waals surface area contributed by atoms with Gasteiger partial charge in [0.2, 0.25) is 0 Å². The molecule has 20 heavy (non-hydrogen) atoms. The van der Waals surface area contributed by atoms with Crippen LogP contribution in [0.25, 0.3) is 0 Å². The number of rotatable bonds is 3. The summed E-state index contributed by atoms with van der Waals surface area (Å²) >= 11 is 0. The van der Waals surface area contributed by atoms with Crippen LogP contribution >= 0.6 is 0 Å². The second-order valence-electron chi connectivity index (χ2n) is 4.02. The summed E-state index contributed by atoms with van der Waals surface area (Å²) in [5, 5.41) is 2.40. The van der Waals surface area contributed by atoms with Gasteiger partial charge in [-0.15, -0.1) is 0 Å². The SMILES string of the molecule is CCOc1ccccc1C1=NC(=O)C2=NC(=O)NC2=N1. The molecule has 0 spiro atoms. The van der Waals surface area contributed by atoms with E-state index < -0.39 is 11.9 Å². The fourth-order valence-corrected chi connectivity index (χ4v) is 1.91. The molecule has 7 heteroatoms. The number of nitrogens with one attached hydrogen (secondary N) is 1. The average Bonchev–Trinajstić information content (AvgIpc) is 2.81. The minimum atomic E-state index is -0.610. The Morgan fingerprint density at radius 3 is 2.75 bits per heavy atom. The van der Waals surface area contributed by atoms with E-state index in [1.807, 2.05) is 13.0 Å². The second-order valence-corrected chi connectivity index (χ2v) is 4.02. The number of carbonyl (C=O) groups excluding carboxylic acids is 2. The quantitative estimate of drug-likeness (QED) is 0.885. The molecule has 0 unspecified atom stereocenters. The molecule has 1 aromatic rings. The van der Waals surface area contributed by atoms with Crippen molar-refractivity contribution >= 4 is 29.3 Å². The molecule has 0 fully saturated rings. The number of amidine groups is 2. The zero-order valence-corrected chi connectivity index (χ0v) is 10.6. The summed E-state index contributed by atoms with van der Waals surface area (Å²) in [5.74, 6) is 0.330. The highest BCUT2D eigenvalue weighted by molar-refractivity contribution is 6.72. The first-order chi connectivity index (χ1) is 9.69. The normalized spacial score (nSPS) is 16.9. The summed E-state index contributed by atoms with van der Waals surface area (Å²) in [6, 6.07) is 6.52. The van der Waals surface area contributed by atoms with Crippen LogP contribution in [0.15, 0.2) is 39.2 Å². The van der Waals surface area contributed by atoms with Gasteiger partial charge in [-0.25, -0.2) is 9.79 Å². The molecular weight excluding hydrogens is 260 g/mol. The Kier molecular flexibility index (Phi) is 2.86. The number of benzene rings is 1. The van der Waals surface area contributed by atoms with Crippen LogP contribution in [0.2, 0.25) is 0 Å². The lowest BCUT2D eigenvalue weighted by atomic mass is 10.1. The Morgan fingerprint density at radius 1 is 1.15 bits per heavy atom. The summed E-state index contributed by atoms with van der Waals surface area (Å²) in [6.07, 6.45) is 0. The predicted octanol–water partition coefficient (Wildman–Crippen LogP) is 0.935. The Morgan fingerprint density at radius 2 is 1.95 bits per heavy atom. The van der Waals surface area contributed by atoms with Crippen molar-refractivity contribution in [3.05, 3.63) is 29.8 Å². The van der Waals surface area contributed by atoms with Gasteiger partial charge in [0.15, 0.2) is 17.4 Å². The van der Waals surface area contributed by atoms with Gasteiger partial charge in [-0.2, -0.15) is 9.98 Å². The fraction of sp³-hybridized carbons (Fsp3) is 0.154. The third-order valence-electron chi connectivity index (χ3n) is 2.72. The molecule has 3 rings (SSSR count). The van der Waals surface area contributed by atoms with Gasteiger partial charge in [-0.3, -0.25) is 10.1 Å². The Balaban J connectivity index is 2.05. The highest BCUT2D eigenvalue weighted by Gasteiger charge is 2.32. The maximum Gasteiger partial charge on any atom is 0.347 e. The maximum atomic E-state index is 11.8. The van der Waals surface area contributed by atoms with E-state index in [1.165, 1.54) is 0 Å². The lowest BCUT2D eigenvalue weighted by Crippen LogP contribution is -2.34. The topological polar surface area (TPSA) is 92.5 Å². The summed E-state index contributed by atoms with van der Waals surface area (Å²) in [5.41, 5.74) is 0.544. The first kappa shape index (κ1) is 12.2. The van der Waals surface area contributed by atoms with Gasteiger partial charge in [-0.1, -0.05) is 12.1 Å². The third-order valence-corrected chi connectivity index (χ3v) is 2.72. The first-order valence-electron chi connectivity index (χ1n) is 6.03. The van der Waals surface area contributed by atoms with Crippen molar-refractivity contribution in [2.45, 2.75) is 6.92 Å². The molecule has 0 bridgehead atoms. The minimum Gasteiger partial charge on any atom is -0.493 e. The van der Waals surface area contributed by atoms with Crippen LogP contribution in [-0.4, -0.2) is 35.9 Å². The lowest BCUT2D eigenvalue weighted by Gasteiger charge is -2.12. The second kappa shape index (κ2) is 4.69. The number of nitrogens with zero attached hydrogens (tertiary/aromatic N) is 3. The van der Waals surface area contributed by atoms with E-state index in [4.69, 9.17) is 4.74 Å². The van der Waals surface area contributed by atoms with Crippen molar-refractivity contribution < 1.29 is 14.3 Å². The molecule has 100 valence electrons. The highest BCUT2D eigenvalue weighted by Crippen LogP contribution is 2.21. The van der Waals surface area contributed by atoms with Crippen LogP contribution in [-0.2, 0) is 4.79 Å². The summed E-state index contributed by atoms with van der Waals surface area (Å²) in [6.45, 7) is 2.34. The van der Waals surface area contributed by atoms with Crippen molar-refractivity contribution in [3.8, 4) is 5.75 Å². The van der Waals surface area contributed by atoms with E-state index in [2.05, 4.69) is 20.3 Å². The van der Waals surface area contributed by atoms with E-state index >= 15 is 0 Å². The number of fused-ring (bicyclic) bond motifs is 1. The van der Waals surface area contributed by atoms with Crippen molar-refractivity contribution in [3.63, 3.8) is 0 Å². The molecule has 2 heterocycles. The van der Waals surface area contributed by atoms with Gasteiger partial charge in [0.25, 0.3) is 0 Å². The highest BCUT2D eigenvalue weighted by atomic mass is 16.5. The number of urea groups is 1. The zero-order chi connectivity index (χ0) is 14.1. The van der Waals surface area contributed by atoms with E-state index in [0.717, 1.165) is 0 Å². The fourth-order valence-electron chi connectivity index (χ4n) is 1.91. The van der Waals surface area contributed by atoms with Crippen molar-refractivity contribution in [2.75, 3.05) is 6.61 Å². The smallest absolute Gasteiger partial charge is 0.347 e. The largest absolute Gasteiger partial charge is 0.493 e. The monoisotopic (exact) mass is 270 g/mol. The zero-order valence-electron chi connectivity index (χ0n) is 10.6. The van der Waals surface area contributed by atoms with Crippen LogP contribution < -0.4 is 10.1 Å². The van der Waals surface area contributed by atoms with Gasteiger partial charge < -0.3 is 4.74 Å². The van der Waals surface area contributed by atoms with Crippen molar-refractivity contribution in [2.24, 2.45) is 15.0 Å². The van der Waals surface area contributed by atoms with Crippen LogP contribution in [0.3, 0.4) is 0 Å². The van der Waals surface area contributed by atoms with Gasteiger partial charge in [0.1, 0.15) is 5.75 Å². The minimum absolute atomic E-state index is 0.0485.